The topological polar surface area (TPSA) is 86.7 Å². The molecule has 0 unspecified atom stereocenters. The first-order chi connectivity index (χ1) is 9.22. The first-order valence-electron chi connectivity index (χ1n) is 5.93. The van der Waals surface area contributed by atoms with Gasteiger partial charge < -0.3 is 5.11 Å². The lowest BCUT2D eigenvalue weighted by atomic mass is 10.1. The van der Waals surface area contributed by atoms with Gasteiger partial charge in [0.2, 0.25) is 0 Å². The fourth-order valence-corrected chi connectivity index (χ4v) is 2.82. The maximum atomic E-state index is 12.0. The Hall–Kier alpha value is -1.15. The fourth-order valence-electron chi connectivity index (χ4n) is 1.53. The summed E-state index contributed by atoms with van der Waals surface area (Å²) in [5.74, 6) is -1.05. The van der Waals surface area contributed by atoms with E-state index in [1.54, 1.807) is 31.2 Å². The van der Waals surface area contributed by atoms with E-state index in [1.165, 1.54) is 7.05 Å². The van der Waals surface area contributed by atoms with E-state index in [-0.39, 0.29) is 13.0 Å². The minimum absolute atomic E-state index is 0.0903. The Bertz CT molecular complexity index is 577. The van der Waals surface area contributed by atoms with E-state index < -0.39 is 22.2 Å². The predicted molar refractivity (Wildman–Crippen MR) is 76.8 cm³/mol. The summed E-state index contributed by atoms with van der Waals surface area (Å²) in [6.45, 7) is 1.60. The van der Waals surface area contributed by atoms with Gasteiger partial charge in [-0.05, 0) is 24.6 Å². The predicted octanol–water partition coefficient (Wildman–Crippen LogP) is 1.64. The Labute approximate surface area is 123 Å². The lowest BCUT2D eigenvalue weighted by Gasteiger charge is -2.21. The van der Waals surface area contributed by atoms with Crippen molar-refractivity contribution in [3.63, 3.8) is 0 Å². The molecule has 0 amide bonds. The molecule has 1 atom stereocenters. The Morgan fingerprint density at radius 3 is 2.70 bits per heavy atom. The van der Waals surface area contributed by atoms with E-state index in [0.717, 1.165) is 9.87 Å². The highest BCUT2D eigenvalue weighted by Crippen LogP contribution is 2.18. The van der Waals surface area contributed by atoms with Gasteiger partial charge in [0.15, 0.2) is 0 Å². The van der Waals surface area contributed by atoms with E-state index >= 15 is 0 Å². The van der Waals surface area contributed by atoms with Gasteiger partial charge in [0.1, 0.15) is 0 Å². The van der Waals surface area contributed by atoms with Crippen molar-refractivity contribution in [2.45, 2.75) is 19.4 Å². The molecule has 6 nitrogen and oxygen atoms in total. The number of aliphatic carboxylic acids is 1. The molecule has 0 saturated carbocycles. The quantitative estimate of drug-likeness (QED) is 0.799. The molecule has 0 aliphatic heterocycles. The highest BCUT2D eigenvalue weighted by molar-refractivity contribution is 7.87. The number of carbonyl (C=O) groups is 1. The van der Waals surface area contributed by atoms with Crippen molar-refractivity contribution >= 4 is 27.8 Å². The standard InChI is InChI=1S/C12H17ClN2O4S/c1-9(10-4-3-5-11(13)8-10)14-20(18,19)15(2)7-6-12(16)17/h3-5,8-9,14H,6-7H2,1-2H3,(H,16,17)/t9-/m0/s1. The minimum Gasteiger partial charge on any atom is -0.481 e. The van der Waals surface area contributed by atoms with Crippen molar-refractivity contribution in [3.05, 3.63) is 34.9 Å². The average Bonchev–Trinajstić information content (AvgIpc) is 2.35. The van der Waals surface area contributed by atoms with Crippen LogP contribution in [-0.2, 0) is 15.0 Å². The zero-order valence-corrected chi connectivity index (χ0v) is 12.8. The van der Waals surface area contributed by atoms with Crippen LogP contribution >= 0.6 is 11.6 Å². The molecule has 0 aliphatic rings. The molecular weight excluding hydrogens is 304 g/mol. The van der Waals surface area contributed by atoms with Crippen LogP contribution in [0.5, 0.6) is 0 Å². The number of carboxylic acid groups (broad SMARTS) is 1. The van der Waals surface area contributed by atoms with Crippen molar-refractivity contribution in [2.24, 2.45) is 0 Å². The zero-order valence-electron chi connectivity index (χ0n) is 11.2. The molecule has 0 saturated heterocycles. The molecule has 0 bridgehead atoms. The molecular formula is C12H17ClN2O4S. The number of nitrogens with zero attached hydrogens (tertiary/aromatic N) is 1. The van der Waals surface area contributed by atoms with Crippen LogP contribution in [0, 0.1) is 0 Å². The number of carboxylic acids is 1. The molecule has 1 rings (SSSR count). The number of rotatable bonds is 7. The lowest BCUT2D eigenvalue weighted by molar-refractivity contribution is -0.137. The van der Waals surface area contributed by atoms with Crippen LogP contribution < -0.4 is 4.72 Å². The van der Waals surface area contributed by atoms with Crippen molar-refractivity contribution in [1.82, 2.24) is 9.03 Å². The van der Waals surface area contributed by atoms with Gasteiger partial charge in [-0.15, -0.1) is 0 Å². The summed E-state index contributed by atoms with van der Waals surface area (Å²) in [6.07, 6.45) is -0.247. The number of hydrogen-bond acceptors (Lipinski definition) is 3. The smallest absolute Gasteiger partial charge is 0.304 e. The first kappa shape index (κ1) is 16.9. The summed E-state index contributed by atoms with van der Waals surface area (Å²) in [7, 11) is -2.41. The van der Waals surface area contributed by atoms with E-state index in [2.05, 4.69) is 4.72 Å². The summed E-state index contributed by atoms with van der Waals surface area (Å²) in [5.41, 5.74) is 0.729. The highest BCUT2D eigenvalue weighted by Gasteiger charge is 2.21. The van der Waals surface area contributed by atoms with E-state index in [4.69, 9.17) is 16.7 Å². The monoisotopic (exact) mass is 320 g/mol. The zero-order chi connectivity index (χ0) is 15.3. The van der Waals surface area contributed by atoms with Gasteiger partial charge >= 0.3 is 5.97 Å². The van der Waals surface area contributed by atoms with Crippen molar-refractivity contribution in [2.75, 3.05) is 13.6 Å². The molecule has 20 heavy (non-hydrogen) atoms. The van der Waals surface area contributed by atoms with Crippen LogP contribution in [0.25, 0.3) is 0 Å². The van der Waals surface area contributed by atoms with Gasteiger partial charge in [-0.25, -0.2) is 0 Å². The molecule has 1 aromatic carbocycles. The summed E-state index contributed by atoms with van der Waals surface area (Å²) in [5, 5.41) is 9.08. The molecule has 0 spiro atoms. The van der Waals surface area contributed by atoms with Crippen LogP contribution in [0.3, 0.4) is 0 Å². The first-order valence-corrected chi connectivity index (χ1v) is 7.75. The normalized spacial score (nSPS) is 13.4. The van der Waals surface area contributed by atoms with E-state index in [0.29, 0.717) is 5.02 Å². The Morgan fingerprint density at radius 2 is 2.15 bits per heavy atom. The summed E-state index contributed by atoms with van der Waals surface area (Å²) < 4.78 is 27.4. The van der Waals surface area contributed by atoms with Gasteiger partial charge in [-0.1, -0.05) is 23.7 Å². The maximum Gasteiger partial charge on any atom is 0.304 e. The Kier molecular flexibility index (Phi) is 5.94. The van der Waals surface area contributed by atoms with Crippen molar-refractivity contribution < 1.29 is 18.3 Å². The van der Waals surface area contributed by atoms with Gasteiger partial charge in [0.25, 0.3) is 10.2 Å². The third kappa shape index (κ3) is 5.09. The summed E-state index contributed by atoms with van der Waals surface area (Å²) in [4.78, 5) is 10.5. The number of hydrogen-bond donors (Lipinski definition) is 2. The van der Waals surface area contributed by atoms with Crippen LogP contribution in [0.1, 0.15) is 24.9 Å². The average molecular weight is 321 g/mol. The lowest BCUT2D eigenvalue weighted by Crippen LogP contribution is -2.40. The molecule has 0 aliphatic carbocycles. The number of nitrogens with one attached hydrogen (secondary N) is 1. The van der Waals surface area contributed by atoms with Gasteiger partial charge in [-0.2, -0.15) is 17.4 Å². The van der Waals surface area contributed by atoms with Gasteiger partial charge in [0.05, 0.1) is 6.42 Å². The second kappa shape index (κ2) is 7.03. The molecule has 1 aromatic rings. The molecule has 0 aromatic heterocycles. The second-order valence-electron chi connectivity index (χ2n) is 4.36. The van der Waals surface area contributed by atoms with Crippen LogP contribution in [0.4, 0.5) is 0 Å². The maximum absolute atomic E-state index is 12.0. The molecule has 8 heteroatoms. The number of halogens is 1. The van der Waals surface area contributed by atoms with Gasteiger partial charge in [-0.3, -0.25) is 4.79 Å². The number of benzene rings is 1. The Morgan fingerprint density at radius 1 is 1.50 bits per heavy atom. The van der Waals surface area contributed by atoms with Crippen LogP contribution in [0.2, 0.25) is 5.02 Å². The molecule has 0 fully saturated rings. The summed E-state index contributed by atoms with van der Waals surface area (Å²) in [6, 6.07) is 6.40. The van der Waals surface area contributed by atoms with Gasteiger partial charge in [0, 0.05) is 24.7 Å². The minimum atomic E-state index is -3.74. The molecule has 2 N–H and O–H groups in total. The molecule has 112 valence electrons. The SMILES string of the molecule is C[C@H](NS(=O)(=O)N(C)CCC(=O)O)c1cccc(Cl)c1. The van der Waals surface area contributed by atoms with Crippen molar-refractivity contribution in [3.8, 4) is 0 Å². The Balaban J connectivity index is 2.72. The highest BCUT2D eigenvalue weighted by atomic mass is 35.5. The van der Waals surface area contributed by atoms with Crippen LogP contribution in [0.15, 0.2) is 24.3 Å². The second-order valence-corrected chi connectivity index (χ2v) is 6.61. The largest absolute Gasteiger partial charge is 0.481 e. The van der Waals surface area contributed by atoms with Crippen molar-refractivity contribution in [1.29, 1.82) is 0 Å². The third-order valence-corrected chi connectivity index (χ3v) is 4.61. The fraction of sp³-hybridized carbons (Fsp3) is 0.417. The molecule has 0 radical (unpaired) electrons. The summed E-state index contributed by atoms with van der Waals surface area (Å²) >= 11 is 5.85. The molecule has 0 heterocycles. The van der Waals surface area contributed by atoms with Crippen LogP contribution in [-0.4, -0.2) is 37.4 Å². The van der Waals surface area contributed by atoms with E-state index in [1.807, 2.05) is 0 Å². The van der Waals surface area contributed by atoms with E-state index in [9.17, 15) is 13.2 Å². The third-order valence-electron chi connectivity index (χ3n) is 2.73.